The molecule has 7 heteroatoms. The molecule has 6 nitrogen and oxygen atoms in total. The van der Waals surface area contributed by atoms with Crippen LogP contribution in [0.5, 0.6) is 11.5 Å². The number of nitrogens with zero attached hydrogens (tertiary/aromatic N) is 1. The Kier molecular flexibility index (Phi) is 5.96. The van der Waals surface area contributed by atoms with Crippen LogP contribution in [0.4, 0.5) is 0 Å². The molecule has 1 aromatic carbocycles. The second kappa shape index (κ2) is 8.41. The summed E-state index contributed by atoms with van der Waals surface area (Å²) >= 11 is 3.49. The lowest BCUT2D eigenvalue weighted by molar-refractivity contribution is -0.116. The van der Waals surface area contributed by atoms with E-state index in [1.807, 2.05) is 6.92 Å². The Labute approximate surface area is 172 Å². The Balaban J connectivity index is 2.17. The lowest BCUT2D eigenvalue weighted by Crippen LogP contribution is -2.27. The van der Waals surface area contributed by atoms with Gasteiger partial charge in [-0.1, -0.05) is 5.92 Å². The van der Waals surface area contributed by atoms with Crippen molar-refractivity contribution in [3.8, 4) is 29.9 Å². The molecule has 1 aliphatic carbocycles. The van der Waals surface area contributed by atoms with Gasteiger partial charge in [0.2, 0.25) is 5.88 Å². The van der Waals surface area contributed by atoms with E-state index in [9.17, 15) is 10.1 Å². The number of ether oxygens (including phenoxy) is 3. The van der Waals surface area contributed by atoms with Gasteiger partial charge in [-0.2, -0.15) is 5.26 Å². The largest absolute Gasteiger partial charge is 0.490 e. The maximum Gasteiger partial charge on any atom is 0.205 e. The minimum absolute atomic E-state index is 0.0303. The van der Waals surface area contributed by atoms with Gasteiger partial charge in [-0.15, -0.1) is 6.42 Å². The van der Waals surface area contributed by atoms with Crippen LogP contribution >= 0.6 is 15.9 Å². The Morgan fingerprint density at radius 2 is 2.18 bits per heavy atom. The number of rotatable bonds is 5. The van der Waals surface area contributed by atoms with E-state index < -0.39 is 5.92 Å². The van der Waals surface area contributed by atoms with Gasteiger partial charge in [0.1, 0.15) is 24.0 Å². The Morgan fingerprint density at radius 3 is 2.86 bits per heavy atom. The number of hydrogen-bond acceptors (Lipinski definition) is 6. The molecule has 3 rings (SSSR count). The number of nitrogens with two attached hydrogens (primary N) is 1. The first-order valence-electron chi connectivity index (χ1n) is 8.88. The van der Waals surface area contributed by atoms with Gasteiger partial charge in [-0.25, -0.2) is 0 Å². The fourth-order valence-corrected chi connectivity index (χ4v) is 4.04. The Hall–Kier alpha value is -2.90. The molecule has 0 unspecified atom stereocenters. The van der Waals surface area contributed by atoms with Crippen LogP contribution in [0.25, 0.3) is 0 Å². The molecule has 144 valence electrons. The van der Waals surface area contributed by atoms with Gasteiger partial charge in [-0.3, -0.25) is 4.79 Å². The minimum atomic E-state index is -0.612. The third-order valence-corrected chi connectivity index (χ3v) is 5.16. The highest BCUT2D eigenvalue weighted by molar-refractivity contribution is 9.10. The molecule has 0 radical (unpaired) electrons. The zero-order valence-corrected chi connectivity index (χ0v) is 17.0. The summed E-state index contributed by atoms with van der Waals surface area (Å²) in [5.41, 5.74) is 7.39. The third kappa shape index (κ3) is 3.58. The van der Waals surface area contributed by atoms with Gasteiger partial charge < -0.3 is 19.9 Å². The van der Waals surface area contributed by atoms with E-state index >= 15 is 0 Å². The first-order chi connectivity index (χ1) is 13.5. The van der Waals surface area contributed by atoms with Crippen LogP contribution < -0.4 is 15.2 Å². The molecule has 0 amide bonds. The van der Waals surface area contributed by atoms with Gasteiger partial charge in [0, 0.05) is 18.4 Å². The van der Waals surface area contributed by atoms with Crippen LogP contribution in [0.2, 0.25) is 0 Å². The van der Waals surface area contributed by atoms with Gasteiger partial charge in [0.05, 0.1) is 17.0 Å². The standard InChI is InChI=1S/C21H19BrN2O4/c1-3-8-27-20-14(22)9-12(10-17(20)26-4-2)18-13(11-23)21(24)28-16-7-5-6-15(25)19(16)18/h1,9-10,18H,4-8,24H2,2H3/t18-/m1/s1. The lowest BCUT2D eigenvalue weighted by Gasteiger charge is -2.31. The average Bonchev–Trinajstić information content (AvgIpc) is 2.66. The first-order valence-corrected chi connectivity index (χ1v) is 9.67. The third-order valence-electron chi connectivity index (χ3n) is 4.57. The summed E-state index contributed by atoms with van der Waals surface area (Å²) in [6, 6.07) is 5.66. The van der Waals surface area contributed by atoms with Crippen molar-refractivity contribution < 1.29 is 19.0 Å². The average molecular weight is 443 g/mol. The minimum Gasteiger partial charge on any atom is -0.490 e. The predicted molar refractivity (Wildman–Crippen MR) is 106 cm³/mol. The van der Waals surface area contributed by atoms with Crippen molar-refractivity contribution in [2.75, 3.05) is 13.2 Å². The SMILES string of the molecule is C#CCOc1c(Br)cc([C@@H]2C(C#N)=C(N)OC3=C2C(=O)CCC3)cc1OCC. The molecule has 0 bridgehead atoms. The molecule has 1 atom stereocenters. The second-order valence-electron chi connectivity index (χ2n) is 6.29. The number of benzene rings is 1. The Morgan fingerprint density at radius 1 is 1.39 bits per heavy atom. The number of Topliss-reactive ketones (excluding diaryl/α,β-unsaturated/α-hetero) is 1. The van der Waals surface area contributed by atoms with Gasteiger partial charge >= 0.3 is 0 Å². The zero-order valence-electron chi connectivity index (χ0n) is 15.4. The van der Waals surface area contributed by atoms with E-state index in [-0.39, 0.29) is 23.8 Å². The molecular formula is C21H19BrN2O4. The lowest BCUT2D eigenvalue weighted by atomic mass is 9.77. The number of carbonyl (C=O) groups excluding carboxylic acids is 1. The molecule has 28 heavy (non-hydrogen) atoms. The molecule has 1 aromatic rings. The van der Waals surface area contributed by atoms with Gasteiger partial charge in [0.15, 0.2) is 17.3 Å². The second-order valence-corrected chi connectivity index (χ2v) is 7.15. The molecule has 0 saturated carbocycles. The summed E-state index contributed by atoms with van der Waals surface area (Å²) in [5, 5.41) is 9.69. The summed E-state index contributed by atoms with van der Waals surface area (Å²) in [5.74, 6) is 3.28. The number of ketones is 1. The Bertz CT molecular complexity index is 966. The van der Waals surface area contributed by atoms with Crippen LogP contribution in [0.1, 0.15) is 37.7 Å². The summed E-state index contributed by atoms with van der Waals surface area (Å²) < 4.78 is 17.5. The maximum absolute atomic E-state index is 12.7. The van der Waals surface area contributed by atoms with Crippen LogP contribution in [0, 0.1) is 23.7 Å². The number of terminal acetylenes is 1. The number of nitriles is 1. The highest BCUT2D eigenvalue weighted by Crippen LogP contribution is 2.47. The molecule has 2 N–H and O–H groups in total. The van der Waals surface area contributed by atoms with Crippen molar-refractivity contribution in [3.63, 3.8) is 0 Å². The number of halogens is 1. The van der Waals surface area contributed by atoms with Crippen molar-refractivity contribution in [3.05, 3.63) is 45.0 Å². The number of hydrogen-bond donors (Lipinski definition) is 1. The van der Waals surface area contributed by atoms with Crippen LogP contribution in [0.15, 0.2) is 39.4 Å². The number of carbonyl (C=O) groups is 1. The van der Waals surface area contributed by atoms with Crippen molar-refractivity contribution in [1.29, 1.82) is 5.26 Å². The topological polar surface area (TPSA) is 94.6 Å². The van der Waals surface area contributed by atoms with E-state index in [1.54, 1.807) is 12.1 Å². The molecule has 2 aliphatic rings. The van der Waals surface area contributed by atoms with Crippen molar-refractivity contribution >= 4 is 21.7 Å². The molecule has 0 fully saturated rings. The summed E-state index contributed by atoms with van der Waals surface area (Å²) in [7, 11) is 0. The highest BCUT2D eigenvalue weighted by atomic mass is 79.9. The molecular weight excluding hydrogens is 424 g/mol. The zero-order chi connectivity index (χ0) is 20.3. The van der Waals surface area contributed by atoms with Gasteiger partial charge in [-0.05, 0) is 47.0 Å². The van der Waals surface area contributed by atoms with Crippen LogP contribution in [0.3, 0.4) is 0 Å². The highest BCUT2D eigenvalue weighted by Gasteiger charge is 2.38. The maximum atomic E-state index is 12.7. The van der Waals surface area contributed by atoms with Crippen molar-refractivity contribution in [1.82, 2.24) is 0 Å². The summed E-state index contributed by atoms with van der Waals surface area (Å²) in [6.45, 7) is 2.34. The van der Waals surface area contributed by atoms with Crippen LogP contribution in [-0.4, -0.2) is 19.0 Å². The van der Waals surface area contributed by atoms with Crippen molar-refractivity contribution in [2.45, 2.75) is 32.1 Å². The van der Waals surface area contributed by atoms with E-state index in [4.69, 9.17) is 26.4 Å². The predicted octanol–water partition coefficient (Wildman–Crippen LogP) is 3.67. The number of allylic oxidation sites excluding steroid dienone is 3. The normalized spacial score (nSPS) is 18.7. The van der Waals surface area contributed by atoms with Crippen molar-refractivity contribution in [2.24, 2.45) is 5.73 Å². The fourth-order valence-electron chi connectivity index (χ4n) is 3.46. The van der Waals surface area contributed by atoms with Gasteiger partial charge in [0.25, 0.3) is 0 Å². The quantitative estimate of drug-likeness (QED) is 0.698. The smallest absolute Gasteiger partial charge is 0.205 e. The summed E-state index contributed by atoms with van der Waals surface area (Å²) in [4.78, 5) is 12.7. The molecule has 1 heterocycles. The monoisotopic (exact) mass is 442 g/mol. The molecule has 0 spiro atoms. The fraction of sp³-hybridized carbons (Fsp3) is 0.333. The van der Waals surface area contributed by atoms with E-state index in [0.29, 0.717) is 58.7 Å². The molecule has 0 aromatic heterocycles. The molecule has 0 saturated heterocycles. The summed E-state index contributed by atoms with van der Waals surface area (Å²) in [6.07, 6.45) is 7.02. The first kappa shape index (κ1) is 19.9. The molecule has 1 aliphatic heterocycles. The van der Waals surface area contributed by atoms with E-state index in [0.717, 1.165) is 0 Å². The van der Waals surface area contributed by atoms with E-state index in [1.165, 1.54) is 0 Å². The van der Waals surface area contributed by atoms with E-state index in [2.05, 4.69) is 27.9 Å². The van der Waals surface area contributed by atoms with Crippen LogP contribution in [-0.2, 0) is 9.53 Å².